The second-order valence-electron chi connectivity index (χ2n) is 4.84. The summed E-state index contributed by atoms with van der Waals surface area (Å²) in [4.78, 5) is 0. The minimum absolute atomic E-state index is 0.306. The van der Waals surface area contributed by atoms with Gasteiger partial charge in [0, 0.05) is 11.5 Å². The van der Waals surface area contributed by atoms with Crippen molar-refractivity contribution in [2.45, 2.75) is 59.3 Å². The zero-order valence-electron chi connectivity index (χ0n) is 9.55. The van der Waals surface area contributed by atoms with E-state index >= 15 is 0 Å². The maximum absolute atomic E-state index is 5.84. The minimum Gasteiger partial charge on any atom is -0.375 e. The fraction of sp³-hybridized carbons (Fsp3) is 1.00. The van der Waals surface area contributed by atoms with E-state index < -0.39 is 0 Å². The Kier molecular flexibility index (Phi) is 3.36. The summed E-state index contributed by atoms with van der Waals surface area (Å²) in [7, 11) is 0. The Hall–Kier alpha value is -0.0800. The quantitative estimate of drug-likeness (QED) is 0.725. The largest absolute Gasteiger partial charge is 0.375 e. The standard InChI is InChI=1S/C11H23NO/c1-6-12-9-7-10(11(9,4)5)13-8(2)3/h8-10,12H,6-7H2,1-5H3. The third-order valence-corrected chi connectivity index (χ3v) is 3.06. The van der Waals surface area contributed by atoms with Gasteiger partial charge in [-0.15, -0.1) is 0 Å². The third-order valence-electron chi connectivity index (χ3n) is 3.06. The molecule has 1 fully saturated rings. The molecule has 0 amide bonds. The predicted octanol–water partition coefficient (Wildman–Crippen LogP) is 2.19. The van der Waals surface area contributed by atoms with Crippen molar-refractivity contribution >= 4 is 0 Å². The van der Waals surface area contributed by atoms with Crippen LogP contribution in [0.2, 0.25) is 0 Å². The van der Waals surface area contributed by atoms with E-state index in [1.807, 2.05) is 0 Å². The zero-order valence-corrected chi connectivity index (χ0v) is 9.55. The summed E-state index contributed by atoms with van der Waals surface area (Å²) in [6.07, 6.45) is 1.96. The molecule has 1 N–H and O–H groups in total. The number of ether oxygens (including phenoxy) is 1. The summed E-state index contributed by atoms with van der Waals surface area (Å²) in [5.41, 5.74) is 0.306. The number of rotatable bonds is 4. The third kappa shape index (κ3) is 2.23. The lowest BCUT2D eigenvalue weighted by Gasteiger charge is -2.52. The maximum Gasteiger partial charge on any atom is 0.0659 e. The van der Waals surface area contributed by atoms with Crippen LogP contribution < -0.4 is 5.32 Å². The fourth-order valence-electron chi connectivity index (χ4n) is 2.04. The molecular weight excluding hydrogens is 162 g/mol. The molecule has 0 aromatic heterocycles. The van der Waals surface area contributed by atoms with Gasteiger partial charge in [0.05, 0.1) is 12.2 Å². The average molecular weight is 185 g/mol. The first-order chi connectivity index (χ1) is 5.98. The van der Waals surface area contributed by atoms with Crippen LogP contribution in [-0.2, 0) is 4.74 Å². The SMILES string of the molecule is CCNC1CC(OC(C)C)C1(C)C. The van der Waals surface area contributed by atoms with Crippen molar-refractivity contribution in [2.75, 3.05) is 6.54 Å². The first-order valence-electron chi connectivity index (χ1n) is 5.37. The average Bonchev–Trinajstić information content (AvgIpc) is 2.02. The van der Waals surface area contributed by atoms with Crippen molar-refractivity contribution in [2.24, 2.45) is 5.41 Å². The molecule has 0 spiro atoms. The van der Waals surface area contributed by atoms with Gasteiger partial charge in [-0.2, -0.15) is 0 Å². The van der Waals surface area contributed by atoms with Gasteiger partial charge >= 0.3 is 0 Å². The van der Waals surface area contributed by atoms with Crippen LogP contribution in [0.3, 0.4) is 0 Å². The highest BCUT2D eigenvalue weighted by atomic mass is 16.5. The van der Waals surface area contributed by atoms with E-state index in [-0.39, 0.29) is 0 Å². The summed E-state index contributed by atoms with van der Waals surface area (Å²) in [6.45, 7) is 12.0. The van der Waals surface area contributed by atoms with Gasteiger partial charge in [0.25, 0.3) is 0 Å². The summed E-state index contributed by atoms with van der Waals surface area (Å²) >= 11 is 0. The van der Waals surface area contributed by atoms with Crippen molar-refractivity contribution in [1.29, 1.82) is 0 Å². The lowest BCUT2D eigenvalue weighted by Crippen LogP contribution is -2.61. The number of nitrogens with one attached hydrogen (secondary N) is 1. The highest BCUT2D eigenvalue weighted by molar-refractivity contribution is 5.02. The van der Waals surface area contributed by atoms with Gasteiger partial charge in [0.1, 0.15) is 0 Å². The second-order valence-corrected chi connectivity index (χ2v) is 4.84. The summed E-state index contributed by atoms with van der Waals surface area (Å²) in [5, 5.41) is 3.50. The fourth-order valence-corrected chi connectivity index (χ4v) is 2.04. The lowest BCUT2D eigenvalue weighted by molar-refractivity contribution is -0.138. The Balaban J connectivity index is 2.39. The van der Waals surface area contributed by atoms with Gasteiger partial charge < -0.3 is 10.1 Å². The molecule has 1 aliphatic carbocycles. The smallest absolute Gasteiger partial charge is 0.0659 e. The van der Waals surface area contributed by atoms with Crippen molar-refractivity contribution in [1.82, 2.24) is 5.32 Å². The Bertz CT molecular complexity index is 165. The molecule has 1 rings (SSSR count). The van der Waals surface area contributed by atoms with Crippen molar-refractivity contribution in [3.63, 3.8) is 0 Å². The maximum atomic E-state index is 5.84. The van der Waals surface area contributed by atoms with Crippen LogP contribution in [0.25, 0.3) is 0 Å². The molecule has 0 saturated heterocycles. The topological polar surface area (TPSA) is 21.3 Å². The Morgan fingerprint density at radius 1 is 1.46 bits per heavy atom. The minimum atomic E-state index is 0.306. The molecule has 0 radical (unpaired) electrons. The Labute approximate surface area is 82.0 Å². The lowest BCUT2D eigenvalue weighted by atomic mass is 9.64. The van der Waals surface area contributed by atoms with E-state index in [1.165, 1.54) is 6.42 Å². The van der Waals surface area contributed by atoms with Crippen LogP contribution in [0, 0.1) is 5.41 Å². The summed E-state index contributed by atoms with van der Waals surface area (Å²) < 4.78 is 5.84. The van der Waals surface area contributed by atoms with Crippen LogP contribution >= 0.6 is 0 Å². The van der Waals surface area contributed by atoms with Crippen molar-refractivity contribution in [3.8, 4) is 0 Å². The molecule has 0 aliphatic heterocycles. The molecule has 2 atom stereocenters. The van der Waals surface area contributed by atoms with E-state index in [1.54, 1.807) is 0 Å². The molecule has 13 heavy (non-hydrogen) atoms. The summed E-state index contributed by atoms with van der Waals surface area (Å²) in [5.74, 6) is 0. The highest BCUT2D eigenvalue weighted by Gasteiger charge is 2.48. The van der Waals surface area contributed by atoms with Gasteiger partial charge in [-0.05, 0) is 26.8 Å². The molecule has 0 aromatic rings. The zero-order chi connectivity index (χ0) is 10.1. The molecule has 2 nitrogen and oxygen atoms in total. The number of hydrogen-bond donors (Lipinski definition) is 1. The Morgan fingerprint density at radius 3 is 2.46 bits per heavy atom. The molecule has 1 saturated carbocycles. The molecular formula is C11H23NO. The summed E-state index contributed by atoms with van der Waals surface area (Å²) in [6, 6.07) is 0.640. The van der Waals surface area contributed by atoms with Crippen LogP contribution in [0.4, 0.5) is 0 Å². The molecule has 2 heteroatoms. The van der Waals surface area contributed by atoms with Gasteiger partial charge in [-0.3, -0.25) is 0 Å². The van der Waals surface area contributed by atoms with E-state index in [2.05, 4.69) is 39.9 Å². The molecule has 0 aromatic carbocycles. The van der Waals surface area contributed by atoms with E-state index in [0.717, 1.165) is 6.54 Å². The highest BCUT2D eigenvalue weighted by Crippen LogP contribution is 2.43. The van der Waals surface area contributed by atoms with Crippen LogP contribution in [-0.4, -0.2) is 24.8 Å². The molecule has 0 bridgehead atoms. The predicted molar refractivity (Wildman–Crippen MR) is 55.9 cm³/mol. The first kappa shape index (κ1) is 11.0. The number of hydrogen-bond acceptors (Lipinski definition) is 2. The molecule has 2 unspecified atom stereocenters. The van der Waals surface area contributed by atoms with Gasteiger partial charge in [-0.1, -0.05) is 20.8 Å². The van der Waals surface area contributed by atoms with Crippen molar-refractivity contribution < 1.29 is 4.74 Å². The van der Waals surface area contributed by atoms with Crippen molar-refractivity contribution in [3.05, 3.63) is 0 Å². The van der Waals surface area contributed by atoms with Crippen LogP contribution in [0.15, 0.2) is 0 Å². The normalized spacial score (nSPS) is 31.8. The molecule has 78 valence electrons. The second kappa shape index (κ2) is 3.97. The molecule has 0 heterocycles. The monoisotopic (exact) mass is 185 g/mol. The van der Waals surface area contributed by atoms with Crippen LogP contribution in [0.5, 0.6) is 0 Å². The van der Waals surface area contributed by atoms with Gasteiger partial charge in [0.15, 0.2) is 0 Å². The Morgan fingerprint density at radius 2 is 2.08 bits per heavy atom. The van der Waals surface area contributed by atoms with Crippen LogP contribution in [0.1, 0.15) is 41.0 Å². The van der Waals surface area contributed by atoms with Gasteiger partial charge in [-0.25, -0.2) is 0 Å². The first-order valence-corrected chi connectivity index (χ1v) is 5.37. The van der Waals surface area contributed by atoms with E-state index in [0.29, 0.717) is 23.7 Å². The van der Waals surface area contributed by atoms with E-state index in [9.17, 15) is 0 Å². The van der Waals surface area contributed by atoms with Gasteiger partial charge in [0.2, 0.25) is 0 Å². The van der Waals surface area contributed by atoms with E-state index in [4.69, 9.17) is 4.74 Å². The molecule has 1 aliphatic rings.